The summed E-state index contributed by atoms with van der Waals surface area (Å²) in [4.78, 5) is 30.0. The Morgan fingerprint density at radius 3 is 2.38 bits per heavy atom. The maximum atomic E-state index is 13.4. The molecule has 0 unspecified atom stereocenters. The van der Waals surface area contributed by atoms with E-state index in [0.717, 1.165) is 33.9 Å². The van der Waals surface area contributed by atoms with Crippen LogP contribution in [0.2, 0.25) is 0 Å². The lowest BCUT2D eigenvalue weighted by Gasteiger charge is -2.23. The maximum Gasteiger partial charge on any atom is 0.197 e. The van der Waals surface area contributed by atoms with Crippen molar-refractivity contribution in [1.82, 2.24) is 9.66 Å². The number of H-pyrrole nitrogens is 1. The number of nitrogens with zero attached hydrogens (tertiary/aromatic N) is 2. The predicted octanol–water partition coefficient (Wildman–Crippen LogP) is 3.91. The van der Waals surface area contributed by atoms with Crippen molar-refractivity contribution in [3.63, 3.8) is 0 Å². The molecule has 0 bridgehead atoms. The number of benzene rings is 3. The number of aryl methyl sites for hydroxylation is 1. The molecule has 0 aliphatic rings. The van der Waals surface area contributed by atoms with Crippen LogP contribution < -0.4 is 15.9 Å². The van der Waals surface area contributed by atoms with Gasteiger partial charge in [0.15, 0.2) is 10.9 Å². The van der Waals surface area contributed by atoms with Gasteiger partial charge in [-0.15, -0.1) is 0 Å². The Bertz CT molecular complexity index is 1560. The largest absolute Gasteiger partial charge is 0.354 e. The second kappa shape index (κ2) is 6.21. The second-order valence-electron chi connectivity index (χ2n) is 7.57. The zero-order valence-corrected chi connectivity index (χ0v) is 16.6. The Hall–Kier alpha value is -3.60. The number of hydrogen-bond donors (Lipinski definition) is 1. The zero-order valence-electron chi connectivity index (χ0n) is 16.6. The molecule has 2 heterocycles. The molecule has 1 N–H and O–H groups in total. The number of fused-ring (bicyclic) bond motifs is 4. The van der Waals surface area contributed by atoms with Gasteiger partial charge in [-0.1, -0.05) is 31.2 Å². The number of nitrogens with one attached hydrogen (secondary N) is 1. The van der Waals surface area contributed by atoms with Crippen LogP contribution >= 0.6 is 0 Å². The summed E-state index contributed by atoms with van der Waals surface area (Å²) in [7, 11) is 3.86. The summed E-state index contributed by atoms with van der Waals surface area (Å²) in [6, 6.07) is 17.1. The highest BCUT2D eigenvalue weighted by atomic mass is 16.1. The minimum atomic E-state index is -0.0288. The molecule has 0 aliphatic carbocycles. The van der Waals surface area contributed by atoms with Gasteiger partial charge in [-0.2, -0.15) is 0 Å². The first-order chi connectivity index (χ1) is 14.0. The van der Waals surface area contributed by atoms with Gasteiger partial charge in [-0.05, 0) is 42.3 Å². The molecular formula is C24H21N3O2. The standard InChI is InChI=1S/C24H21N3O2/c1-4-14-8-7-10-18-22(14)24(29)16-13-21-17(12-19(16)25-18)23(28)15-9-5-6-11-20(15)27(21)26(2)3/h5-13H,4H2,1-3H3,(H,25,29). The molecule has 0 saturated heterocycles. The van der Waals surface area contributed by atoms with E-state index in [0.29, 0.717) is 21.7 Å². The van der Waals surface area contributed by atoms with Crippen molar-refractivity contribution in [2.24, 2.45) is 0 Å². The van der Waals surface area contributed by atoms with Gasteiger partial charge in [0, 0.05) is 30.3 Å². The molecule has 0 spiro atoms. The van der Waals surface area contributed by atoms with Crippen LogP contribution in [0, 0.1) is 0 Å². The average molecular weight is 383 g/mol. The SMILES string of the molecule is CCc1cccc2[nH]c3cc4c(=O)c5ccccc5n(N(C)C)c4cc3c(=O)c12. The van der Waals surface area contributed by atoms with E-state index in [2.05, 4.69) is 11.9 Å². The lowest BCUT2D eigenvalue weighted by atomic mass is 10.0. The second-order valence-corrected chi connectivity index (χ2v) is 7.57. The third kappa shape index (κ3) is 2.40. The van der Waals surface area contributed by atoms with Crippen molar-refractivity contribution in [2.45, 2.75) is 13.3 Å². The highest BCUT2D eigenvalue weighted by molar-refractivity contribution is 6.03. The Kier molecular flexibility index (Phi) is 3.74. The number of hydrogen-bond acceptors (Lipinski definition) is 3. The molecule has 5 nitrogen and oxygen atoms in total. The van der Waals surface area contributed by atoms with Crippen molar-refractivity contribution in [3.05, 3.63) is 80.6 Å². The number of aromatic nitrogens is 2. The van der Waals surface area contributed by atoms with Crippen LogP contribution in [0.4, 0.5) is 0 Å². The van der Waals surface area contributed by atoms with Crippen LogP contribution in [0.25, 0.3) is 43.6 Å². The van der Waals surface area contributed by atoms with E-state index in [1.165, 1.54) is 0 Å². The Labute approximate surface area is 166 Å². The van der Waals surface area contributed by atoms with E-state index < -0.39 is 0 Å². The fourth-order valence-electron chi connectivity index (χ4n) is 4.34. The third-order valence-electron chi connectivity index (χ3n) is 5.66. The first kappa shape index (κ1) is 17.5. The molecule has 144 valence electrons. The monoisotopic (exact) mass is 383 g/mol. The van der Waals surface area contributed by atoms with Crippen molar-refractivity contribution in [1.29, 1.82) is 0 Å². The Morgan fingerprint density at radius 1 is 0.828 bits per heavy atom. The van der Waals surface area contributed by atoms with Crippen LogP contribution in [0.3, 0.4) is 0 Å². The van der Waals surface area contributed by atoms with Gasteiger partial charge in [0.25, 0.3) is 0 Å². The number of pyridine rings is 2. The van der Waals surface area contributed by atoms with Gasteiger partial charge >= 0.3 is 0 Å². The van der Waals surface area contributed by atoms with Gasteiger partial charge in [0.05, 0.1) is 27.5 Å². The smallest absolute Gasteiger partial charge is 0.197 e. The van der Waals surface area contributed by atoms with Crippen molar-refractivity contribution >= 4 is 43.6 Å². The van der Waals surface area contributed by atoms with Crippen molar-refractivity contribution in [2.75, 3.05) is 19.1 Å². The first-order valence-electron chi connectivity index (χ1n) is 9.74. The van der Waals surface area contributed by atoms with E-state index in [9.17, 15) is 9.59 Å². The summed E-state index contributed by atoms with van der Waals surface area (Å²) in [6.07, 6.45) is 0.784. The van der Waals surface area contributed by atoms with Gasteiger partial charge < -0.3 is 9.99 Å². The Morgan fingerprint density at radius 2 is 1.62 bits per heavy atom. The molecular weight excluding hydrogens is 362 g/mol. The maximum absolute atomic E-state index is 13.4. The number of rotatable bonds is 2. The minimum Gasteiger partial charge on any atom is -0.354 e. The van der Waals surface area contributed by atoms with E-state index in [-0.39, 0.29) is 10.9 Å². The molecule has 5 aromatic rings. The molecule has 0 atom stereocenters. The van der Waals surface area contributed by atoms with E-state index in [1.54, 1.807) is 0 Å². The van der Waals surface area contributed by atoms with Gasteiger partial charge in [-0.3, -0.25) is 14.3 Å². The first-order valence-corrected chi connectivity index (χ1v) is 9.74. The molecule has 5 heteroatoms. The molecule has 0 saturated carbocycles. The summed E-state index contributed by atoms with van der Waals surface area (Å²) in [5, 5.41) is 4.50. The number of aromatic amines is 1. The molecule has 3 aromatic carbocycles. The summed E-state index contributed by atoms with van der Waals surface area (Å²) in [5.74, 6) is 0. The normalized spacial score (nSPS) is 11.7. The van der Waals surface area contributed by atoms with Gasteiger partial charge in [0.1, 0.15) is 0 Å². The fraction of sp³-hybridized carbons (Fsp3) is 0.167. The Balaban J connectivity index is 2.06. The molecule has 2 aromatic heterocycles. The van der Waals surface area contributed by atoms with Crippen LogP contribution in [0.1, 0.15) is 12.5 Å². The van der Waals surface area contributed by atoms with Crippen LogP contribution in [0.5, 0.6) is 0 Å². The van der Waals surface area contributed by atoms with Crippen LogP contribution in [-0.4, -0.2) is 23.8 Å². The van der Waals surface area contributed by atoms with Crippen LogP contribution in [0.15, 0.2) is 64.2 Å². The van der Waals surface area contributed by atoms with E-state index >= 15 is 0 Å². The molecule has 0 fully saturated rings. The van der Waals surface area contributed by atoms with Crippen molar-refractivity contribution in [3.8, 4) is 0 Å². The minimum absolute atomic E-state index is 0.000913. The van der Waals surface area contributed by atoms with Crippen molar-refractivity contribution < 1.29 is 0 Å². The molecule has 0 aliphatic heterocycles. The summed E-state index contributed by atoms with van der Waals surface area (Å²) in [6.45, 7) is 2.05. The zero-order chi connectivity index (χ0) is 20.3. The van der Waals surface area contributed by atoms with E-state index in [1.807, 2.05) is 78.4 Å². The summed E-state index contributed by atoms with van der Waals surface area (Å²) >= 11 is 0. The molecule has 0 amide bonds. The molecule has 5 rings (SSSR count). The molecule has 29 heavy (non-hydrogen) atoms. The third-order valence-corrected chi connectivity index (χ3v) is 5.66. The average Bonchev–Trinajstić information content (AvgIpc) is 2.73. The number of para-hydroxylation sites is 1. The topological polar surface area (TPSA) is 58.1 Å². The summed E-state index contributed by atoms with van der Waals surface area (Å²) in [5.41, 5.74) is 4.02. The van der Waals surface area contributed by atoms with Crippen LogP contribution in [-0.2, 0) is 6.42 Å². The summed E-state index contributed by atoms with van der Waals surface area (Å²) < 4.78 is 1.99. The predicted molar refractivity (Wildman–Crippen MR) is 121 cm³/mol. The molecule has 0 radical (unpaired) electrons. The quantitative estimate of drug-likeness (QED) is 0.470. The lowest BCUT2D eigenvalue weighted by Crippen LogP contribution is -2.28. The van der Waals surface area contributed by atoms with E-state index in [4.69, 9.17) is 0 Å². The van der Waals surface area contributed by atoms with Gasteiger partial charge in [0.2, 0.25) is 0 Å². The fourth-order valence-corrected chi connectivity index (χ4v) is 4.34. The highest BCUT2D eigenvalue weighted by Crippen LogP contribution is 2.25. The lowest BCUT2D eigenvalue weighted by molar-refractivity contribution is 0.783. The highest BCUT2D eigenvalue weighted by Gasteiger charge is 2.16. The van der Waals surface area contributed by atoms with Gasteiger partial charge in [-0.25, -0.2) is 0 Å².